The summed E-state index contributed by atoms with van der Waals surface area (Å²) in [7, 11) is 0. The Morgan fingerprint density at radius 1 is 0.850 bits per heavy atom. The number of H-pyrrole nitrogens is 2. The number of aromatic nitrogens is 2. The molecule has 2 N–H and O–H groups in total. The molecule has 2 heteroatoms. The molecule has 0 aliphatic heterocycles. The van der Waals surface area contributed by atoms with E-state index in [2.05, 4.69) is 60.2 Å². The highest BCUT2D eigenvalue weighted by atomic mass is 14.7. The molecular weight excluding hydrogens is 244 g/mol. The van der Waals surface area contributed by atoms with E-state index < -0.39 is 0 Å². The van der Waals surface area contributed by atoms with Crippen molar-refractivity contribution in [2.45, 2.75) is 41.5 Å². The predicted octanol–water partition coefficient (Wildman–Crippen LogP) is 5.58. The average molecular weight is 272 g/mol. The summed E-state index contributed by atoms with van der Waals surface area (Å²) in [5, 5.41) is 1.31. The third kappa shape index (κ3) is 4.61. The van der Waals surface area contributed by atoms with E-state index in [-0.39, 0.29) is 14.9 Å². The highest BCUT2D eigenvalue weighted by Crippen LogP contribution is 2.14. The summed E-state index contributed by atoms with van der Waals surface area (Å²) in [6.07, 6.45) is 4.13. The van der Waals surface area contributed by atoms with Crippen LogP contribution in [-0.2, 0) is 12.8 Å². The van der Waals surface area contributed by atoms with E-state index in [0.717, 1.165) is 12.8 Å². The van der Waals surface area contributed by atoms with Crippen molar-refractivity contribution < 1.29 is 0 Å². The number of fused-ring (bicyclic) bond motifs is 1. The summed E-state index contributed by atoms with van der Waals surface area (Å²) in [4.78, 5) is 6.43. The number of benzene rings is 1. The van der Waals surface area contributed by atoms with Crippen molar-refractivity contribution >= 4 is 10.9 Å². The Morgan fingerprint density at radius 2 is 1.55 bits per heavy atom. The van der Waals surface area contributed by atoms with Crippen molar-refractivity contribution in [2.24, 2.45) is 0 Å². The van der Waals surface area contributed by atoms with Crippen LogP contribution in [0.2, 0.25) is 0 Å². The predicted molar refractivity (Wildman–Crippen MR) is 91.3 cm³/mol. The first-order valence-corrected chi connectivity index (χ1v) is 6.52. The molecule has 0 bridgehead atoms. The summed E-state index contributed by atoms with van der Waals surface area (Å²) in [6.45, 7) is 4.29. The van der Waals surface area contributed by atoms with Gasteiger partial charge in [0, 0.05) is 23.1 Å². The van der Waals surface area contributed by atoms with Crippen molar-refractivity contribution in [1.29, 1.82) is 0 Å². The molecule has 110 valence electrons. The first kappa shape index (κ1) is 18.0. The lowest BCUT2D eigenvalue weighted by molar-refractivity contribution is 1.06. The second kappa shape index (κ2) is 9.03. The Bertz CT molecular complexity index is 543. The molecule has 0 aliphatic carbocycles. The van der Waals surface area contributed by atoms with Crippen molar-refractivity contribution in [3.8, 4) is 0 Å². The zero-order chi connectivity index (χ0) is 12.8. The zero-order valence-electron chi connectivity index (χ0n) is 11.0. The summed E-state index contributed by atoms with van der Waals surface area (Å²) >= 11 is 0. The number of nitrogens with one attached hydrogen (secondary N) is 2. The number of rotatable bonds is 2. The first-order chi connectivity index (χ1) is 8.83. The van der Waals surface area contributed by atoms with Gasteiger partial charge < -0.3 is 9.97 Å². The summed E-state index contributed by atoms with van der Waals surface area (Å²) in [6, 6.07) is 14.7. The van der Waals surface area contributed by atoms with Crippen molar-refractivity contribution in [3.63, 3.8) is 0 Å². The monoisotopic (exact) mass is 272 g/mol. The minimum Gasteiger partial charge on any atom is -0.365 e. The Labute approximate surface area is 123 Å². The Morgan fingerprint density at radius 3 is 2.05 bits per heavy atom. The van der Waals surface area contributed by atoms with Crippen LogP contribution in [0.25, 0.3) is 10.9 Å². The summed E-state index contributed by atoms with van der Waals surface area (Å²) < 4.78 is 0. The fourth-order valence-electron chi connectivity index (χ4n) is 1.91. The van der Waals surface area contributed by atoms with Crippen molar-refractivity contribution in [1.82, 2.24) is 9.97 Å². The fourth-order valence-corrected chi connectivity index (χ4v) is 1.91. The molecule has 2 heterocycles. The Balaban J connectivity index is 0.000000356. The molecule has 0 atom stereocenters. The number of hydrogen-bond donors (Lipinski definition) is 2. The molecule has 0 amide bonds. The largest absolute Gasteiger partial charge is 0.365 e. The van der Waals surface area contributed by atoms with E-state index in [0.29, 0.717) is 0 Å². The minimum atomic E-state index is 0. The summed E-state index contributed by atoms with van der Waals surface area (Å²) in [5.41, 5.74) is 3.86. The third-order valence-corrected chi connectivity index (χ3v) is 3.01. The molecular formula is C18H28N2. The van der Waals surface area contributed by atoms with Gasteiger partial charge in [-0.25, -0.2) is 0 Å². The van der Waals surface area contributed by atoms with Gasteiger partial charge in [-0.1, -0.05) is 46.9 Å². The van der Waals surface area contributed by atoms with Gasteiger partial charge in [0.1, 0.15) is 0 Å². The smallest absolute Gasteiger partial charge is 0.0456 e. The molecule has 0 fully saturated rings. The molecule has 2 nitrogen and oxygen atoms in total. The van der Waals surface area contributed by atoms with Crippen LogP contribution in [0.4, 0.5) is 0 Å². The van der Waals surface area contributed by atoms with Crippen LogP contribution in [0.3, 0.4) is 0 Å². The van der Waals surface area contributed by atoms with Crippen LogP contribution >= 0.6 is 0 Å². The van der Waals surface area contributed by atoms with Crippen LogP contribution in [0.1, 0.15) is 40.1 Å². The lowest BCUT2D eigenvalue weighted by atomic mass is 10.2. The topological polar surface area (TPSA) is 31.6 Å². The molecule has 20 heavy (non-hydrogen) atoms. The number of para-hydroxylation sites is 1. The number of hydrogen-bond acceptors (Lipinski definition) is 0. The van der Waals surface area contributed by atoms with Crippen LogP contribution < -0.4 is 0 Å². The van der Waals surface area contributed by atoms with Gasteiger partial charge in [0.25, 0.3) is 0 Å². The molecule has 0 saturated carbocycles. The summed E-state index contributed by atoms with van der Waals surface area (Å²) in [5.74, 6) is 0. The minimum absolute atomic E-state index is 0. The SMILES string of the molecule is C.C.CCc1cc2ccccc2[nH]1.CCc1ccc[nH]1. The van der Waals surface area contributed by atoms with Crippen LogP contribution in [-0.4, -0.2) is 9.97 Å². The molecule has 3 aromatic rings. The molecule has 0 unspecified atom stereocenters. The highest BCUT2D eigenvalue weighted by Gasteiger charge is 1.95. The van der Waals surface area contributed by atoms with Gasteiger partial charge in [0.15, 0.2) is 0 Å². The van der Waals surface area contributed by atoms with Crippen LogP contribution in [0, 0.1) is 0 Å². The Kier molecular flexibility index (Phi) is 8.14. The maximum absolute atomic E-state index is 3.35. The van der Waals surface area contributed by atoms with Gasteiger partial charge in [-0.3, -0.25) is 0 Å². The second-order valence-electron chi connectivity index (χ2n) is 4.28. The Hall–Kier alpha value is -1.96. The molecule has 0 radical (unpaired) electrons. The number of aromatic amines is 2. The normalized spacial score (nSPS) is 9.10. The van der Waals surface area contributed by atoms with E-state index in [1.807, 2.05) is 12.3 Å². The highest BCUT2D eigenvalue weighted by molar-refractivity contribution is 5.80. The maximum atomic E-state index is 3.35. The molecule has 0 spiro atoms. The lowest BCUT2D eigenvalue weighted by Gasteiger charge is -1.85. The molecule has 0 aliphatic rings. The van der Waals surface area contributed by atoms with Gasteiger partial charge in [-0.15, -0.1) is 0 Å². The second-order valence-corrected chi connectivity index (χ2v) is 4.28. The molecule has 3 rings (SSSR count). The van der Waals surface area contributed by atoms with E-state index in [9.17, 15) is 0 Å². The van der Waals surface area contributed by atoms with Gasteiger partial charge >= 0.3 is 0 Å². The van der Waals surface area contributed by atoms with E-state index in [1.54, 1.807) is 0 Å². The van der Waals surface area contributed by atoms with E-state index >= 15 is 0 Å². The lowest BCUT2D eigenvalue weighted by Crippen LogP contribution is -1.74. The van der Waals surface area contributed by atoms with Gasteiger partial charge in [-0.05, 0) is 42.5 Å². The van der Waals surface area contributed by atoms with Crippen molar-refractivity contribution in [3.05, 3.63) is 60.0 Å². The maximum Gasteiger partial charge on any atom is 0.0456 e. The van der Waals surface area contributed by atoms with E-state index in [4.69, 9.17) is 0 Å². The fraction of sp³-hybridized carbons (Fsp3) is 0.333. The van der Waals surface area contributed by atoms with Gasteiger partial charge in [-0.2, -0.15) is 0 Å². The first-order valence-electron chi connectivity index (χ1n) is 6.52. The third-order valence-electron chi connectivity index (χ3n) is 3.01. The standard InChI is InChI=1S/C10H11N.C6H9N.2CH4/c1-2-9-7-8-5-3-4-6-10(8)11-9;1-2-6-4-3-5-7-6;;/h3-7,11H,2H2,1H3;3-5,7H,2H2,1H3;2*1H4. The van der Waals surface area contributed by atoms with Gasteiger partial charge in [0.05, 0.1) is 0 Å². The van der Waals surface area contributed by atoms with E-state index in [1.165, 1.54) is 22.3 Å². The molecule has 0 saturated heterocycles. The van der Waals surface area contributed by atoms with Gasteiger partial charge in [0.2, 0.25) is 0 Å². The van der Waals surface area contributed by atoms with Crippen LogP contribution in [0.15, 0.2) is 48.7 Å². The number of aryl methyl sites for hydroxylation is 2. The zero-order valence-corrected chi connectivity index (χ0v) is 11.0. The average Bonchev–Trinajstić information content (AvgIpc) is 3.07. The van der Waals surface area contributed by atoms with Crippen molar-refractivity contribution in [2.75, 3.05) is 0 Å². The van der Waals surface area contributed by atoms with Crippen LogP contribution in [0.5, 0.6) is 0 Å². The molecule has 2 aromatic heterocycles. The molecule has 1 aromatic carbocycles. The quantitative estimate of drug-likeness (QED) is 0.610.